The lowest BCUT2D eigenvalue weighted by atomic mass is 10.0. The number of aryl methyl sites for hydroxylation is 4. The molecule has 5 nitrogen and oxygen atoms in total. The lowest BCUT2D eigenvalue weighted by Gasteiger charge is -2.13. The standard InChI is InChI=1S/C31H32O5/c1-33-26-8-4-6-22(18-26)10-11-23-7-5-9-27(19-23)36-31-21-25(15-17-30(31)35-3)13-12-24-14-16-29(34-2)28(32)20-24/h4-9,14-21,32H,10-13H2,1-3H3. The van der Waals surface area contributed by atoms with Crippen molar-refractivity contribution in [1.82, 2.24) is 0 Å². The summed E-state index contributed by atoms with van der Waals surface area (Å²) >= 11 is 0. The SMILES string of the molecule is COc1cccc(CCc2cccc(Oc3cc(CCc4ccc(OC)c(O)c4)ccc3OC)c2)c1. The van der Waals surface area contributed by atoms with E-state index in [9.17, 15) is 5.11 Å². The molecule has 36 heavy (non-hydrogen) atoms. The predicted molar refractivity (Wildman–Crippen MR) is 142 cm³/mol. The number of phenols is 1. The summed E-state index contributed by atoms with van der Waals surface area (Å²) in [5.41, 5.74) is 4.59. The fraction of sp³-hybridized carbons (Fsp3) is 0.226. The summed E-state index contributed by atoms with van der Waals surface area (Å²) in [6.45, 7) is 0. The third kappa shape index (κ3) is 6.51. The molecular weight excluding hydrogens is 452 g/mol. The summed E-state index contributed by atoms with van der Waals surface area (Å²) in [6, 6.07) is 27.8. The van der Waals surface area contributed by atoms with Crippen LogP contribution in [0.4, 0.5) is 0 Å². The smallest absolute Gasteiger partial charge is 0.169 e. The average Bonchev–Trinajstić information content (AvgIpc) is 2.91. The van der Waals surface area contributed by atoms with E-state index in [0.717, 1.165) is 48.3 Å². The number of hydrogen-bond donors (Lipinski definition) is 1. The molecule has 4 aromatic rings. The first-order chi connectivity index (χ1) is 17.6. The van der Waals surface area contributed by atoms with E-state index in [1.54, 1.807) is 33.5 Å². The van der Waals surface area contributed by atoms with Crippen molar-refractivity contribution in [2.24, 2.45) is 0 Å². The molecule has 0 aliphatic heterocycles. The average molecular weight is 485 g/mol. The molecule has 4 rings (SSSR count). The van der Waals surface area contributed by atoms with Gasteiger partial charge < -0.3 is 24.1 Å². The van der Waals surface area contributed by atoms with Crippen molar-refractivity contribution >= 4 is 0 Å². The highest BCUT2D eigenvalue weighted by Gasteiger charge is 2.10. The lowest BCUT2D eigenvalue weighted by molar-refractivity contribution is 0.373. The number of ether oxygens (including phenoxy) is 4. The van der Waals surface area contributed by atoms with Crippen LogP contribution in [0.15, 0.2) is 84.9 Å². The molecule has 4 aromatic carbocycles. The van der Waals surface area contributed by atoms with Gasteiger partial charge in [-0.2, -0.15) is 0 Å². The van der Waals surface area contributed by atoms with E-state index in [0.29, 0.717) is 17.2 Å². The normalized spacial score (nSPS) is 10.6. The van der Waals surface area contributed by atoms with E-state index in [1.807, 2.05) is 48.5 Å². The van der Waals surface area contributed by atoms with Gasteiger partial charge in [-0.25, -0.2) is 0 Å². The maximum atomic E-state index is 10.0. The summed E-state index contributed by atoms with van der Waals surface area (Å²) in [4.78, 5) is 0. The minimum Gasteiger partial charge on any atom is -0.504 e. The molecule has 0 aliphatic rings. The Morgan fingerprint density at radius 3 is 1.61 bits per heavy atom. The maximum absolute atomic E-state index is 10.0. The van der Waals surface area contributed by atoms with Crippen LogP contribution in [0.2, 0.25) is 0 Å². The summed E-state index contributed by atoms with van der Waals surface area (Å²) in [7, 11) is 4.88. The Morgan fingerprint density at radius 1 is 0.500 bits per heavy atom. The van der Waals surface area contributed by atoms with Crippen LogP contribution in [-0.2, 0) is 25.7 Å². The largest absolute Gasteiger partial charge is 0.504 e. The van der Waals surface area contributed by atoms with Gasteiger partial charge >= 0.3 is 0 Å². The molecule has 0 aliphatic carbocycles. The van der Waals surface area contributed by atoms with Crippen LogP contribution in [-0.4, -0.2) is 26.4 Å². The van der Waals surface area contributed by atoms with E-state index in [2.05, 4.69) is 24.3 Å². The molecule has 0 bridgehead atoms. The molecule has 0 radical (unpaired) electrons. The van der Waals surface area contributed by atoms with Crippen LogP contribution in [0.25, 0.3) is 0 Å². The first-order valence-electron chi connectivity index (χ1n) is 12.0. The molecule has 0 spiro atoms. The molecule has 0 atom stereocenters. The van der Waals surface area contributed by atoms with Crippen molar-refractivity contribution < 1.29 is 24.1 Å². The van der Waals surface area contributed by atoms with Crippen LogP contribution < -0.4 is 18.9 Å². The number of rotatable bonds is 11. The Labute approximate surface area is 212 Å². The van der Waals surface area contributed by atoms with E-state index in [-0.39, 0.29) is 5.75 Å². The number of benzene rings is 4. The molecule has 0 heterocycles. The summed E-state index contributed by atoms with van der Waals surface area (Å²) in [5, 5.41) is 10.0. The van der Waals surface area contributed by atoms with E-state index in [1.165, 1.54) is 11.1 Å². The van der Waals surface area contributed by atoms with Crippen molar-refractivity contribution in [2.75, 3.05) is 21.3 Å². The Bertz CT molecular complexity index is 1300. The zero-order chi connectivity index (χ0) is 25.3. The van der Waals surface area contributed by atoms with Gasteiger partial charge in [0.1, 0.15) is 11.5 Å². The van der Waals surface area contributed by atoms with Gasteiger partial charge in [0.15, 0.2) is 23.0 Å². The van der Waals surface area contributed by atoms with E-state index < -0.39 is 0 Å². The van der Waals surface area contributed by atoms with Crippen molar-refractivity contribution in [1.29, 1.82) is 0 Å². The van der Waals surface area contributed by atoms with Crippen LogP contribution in [0.3, 0.4) is 0 Å². The number of phenolic OH excluding ortho intramolecular Hbond substituents is 1. The highest BCUT2D eigenvalue weighted by molar-refractivity contribution is 5.47. The number of hydrogen-bond acceptors (Lipinski definition) is 5. The van der Waals surface area contributed by atoms with Crippen LogP contribution >= 0.6 is 0 Å². The molecule has 0 unspecified atom stereocenters. The second-order valence-corrected chi connectivity index (χ2v) is 8.59. The summed E-state index contributed by atoms with van der Waals surface area (Å²) in [6.07, 6.45) is 3.40. The molecule has 0 fully saturated rings. The first kappa shape index (κ1) is 25.0. The van der Waals surface area contributed by atoms with Crippen LogP contribution in [0, 0.1) is 0 Å². The minimum atomic E-state index is 0.153. The summed E-state index contributed by atoms with van der Waals surface area (Å²) < 4.78 is 22.3. The van der Waals surface area contributed by atoms with Crippen molar-refractivity contribution in [2.45, 2.75) is 25.7 Å². The zero-order valence-corrected chi connectivity index (χ0v) is 21.0. The zero-order valence-electron chi connectivity index (χ0n) is 21.0. The molecule has 0 aromatic heterocycles. The minimum absolute atomic E-state index is 0.153. The van der Waals surface area contributed by atoms with Crippen LogP contribution in [0.1, 0.15) is 22.3 Å². The molecule has 0 saturated carbocycles. The highest BCUT2D eigenvalue weighted by atomic mass is 16.5. The fourth-order valence-corrected chi connectivity index (χ4v) is 4.14. The number of aromatic hydroxyl groups is 1. The molecule has 1 N–H and O–H groups in total. The van der Waals surface area contributed by atoms with Crippen LogP contribution in [0.5, 0.6) is 34.5 Å². The Balaban J connectivity index is 1.43. The lowest BCUT2D eigenvalue weighted by Crippen LogP contribution is -1.96. The van der Waals surface area contributed by atoms with Gasteiger partial charge in [-0.05, 0) is 96.5 Å². The summed E-state index contributed by atoms with van der Waals surface area (Å²) in [5.74, 6) is 3.64. The monoisotopic (exact) mass is 484 g/mol. The van der Waals surface area contributed by atoms with Crippen molar-refractivity contribution in [3.8, 4) is 34.5 Å². The van der Waals surface area contributed by atoms with Gasteiger partial charge in [-0.3, -0.25) is 0 Å². The van der Waals surface area contributed by atoms with Crippen molar-refractivity contribution in [3.05, 3.63) is 107 Å². The third-order valence-electron chi connectivity index (χ3n) is 6.14. The second-order valence-electron chi connectivity index (χ2n) is 8.59. The molecule has 186 valence electrons. The predicted octanol–water partition coefficient (Wildman–Crippen LogP) is 6.78. The van der Waals surface area contributed by atoms with Gasteiger partial charge in [-0.15, -0.1) is 0 Å². The van der Waals surface area contributed by atoms with Gasteiger partial charge in [-0.1, -0.05) is 36.4 Å². The maximum Gasteiger partial charge on any atom is 0.169 e. The van der Waals surface area contributed by atoms with Gasteiger partial charge in [0.2, 0.25) is 0 Å². The second kappa shape index (κ2) is 12.0. The molecular formula is C31H32O5. The third-order valence-corrected chi connectivity index (χ3v) is 6.14. The topological polar surface area (TPSA) is 57.2 Å². The van der Waals surface area contributed by atoms with E-state index >= 15 is 0 Å². The Kier molecular flexibility index (Phi) is 8.35. The van der Waals surface area contributed by atoms with E-state index in [4.69, 9.17) is 18.9 Å². The Morgan fingerprint density at radius 2 is 1.03 bits per heavy atom. The number of methoxy groups -OCH3 is 3. The quantitative estimate of drug-likeness (QED) is 0.254. The van der Waals surface area contributed by atoms with Gasteiger partial charge in [0.25, 0.3) is 0 Å². The molecule has 5 heteroatoms. The molecule has 0 saturated heterocycles. The van der Waals surface area contributed by atoms with Gasteiger partial charge in [0.05, 0.1) is 21.3 Å². The van der Waals surface area contributed by atoms with Gasteiger partial charge in [0, 0.05) is 0 Å². The first-order valence-corrected chi connectivity index (χ1v) is 12.0. The molecule has 0 amide bonds. The Hall–Kier alpha value is -4.12. The fourth-order valence-electron chi connectivity index (χ4n) is 4.14. The highest BCUT2D eigenvalue weighted by Crippen LogP contribution is 2.34. The van der Waals surface area contributed by atoms with Crippen molar-refractivity contribution in [3.63, 3.8) is 0 Å².